The SMILES string of the molecule is CCC1(OC2CC(C(=O)N(c3cccc(F)c3)C(C(=O)NC3CC(F)(F)C3)c3ccccc3Cl)N(C(=O)OC)C2)CCC1. The van der Waals surface area contributed by atoms with E-state index in [4.69, 9.17) is 21.1 Å². The summed E-state index contributed by atoms with van der Waals surface area (Å²) in [5.41, 5.74) is -0.0836. The number of amides is 3. The van der Waals surface area contributed by atoms with Crippen LogP contribution < -0.4 is 10.2 Å². The summed E-state index contributed by atoms with van der Waals surface area (Å²) < 4.78 is 53.4. The third-order valence-corrected chi connectivity index (χ3v) is 9.09. The van der Waals surface area contributed by atoms with E-state index in [0.29, 0.717) is 0 Å². The third kappa shape index (κ3) is 6.47. The summed E-state index contributed by atoms with van der Waals surface area (Å²) >= 11 is 6.54. The lowest BCUT2D eigenvalue weighted by atomic mass is 9.78. The molecule has 5 rings (SSSR count). The summed E-state index contributed by atoms with van der Waals surface area (Å²) in [6, 6.07) is 8.06. The maximum atomic E-state index is 14.6. The van der Waals surface area contributed by atoms with Gasteiger partial charge in [0.2, 0.25) is 5.91 Å². The van der Waals surface area contributed by atoms with Gasteiger partial charge in [-0.05, 0) is 49.9 Å². The van der Waals surface area contributed by atoms with Crippen LogP contribution in [0.3, 0.4) is 0 Å². The maximum absolute atomic E-state index is 14.6. The van der Waals surface area contributed by atoms with E-state index in [1.165, 1.54) is 36.3 Å². The summed E-state index contributed by atoms with van der Waals surface area (Å²) in [7, 11) is 1.20. The lowest BCUT2D eigenvalue weighted by Crippen LogP contribution is -2.56. The highest BCUT2D eigenvalue weighted by atomic mass is 35.5. The van der Waals surface area contributed by atoms with E-state index < -0.39 is 66.7 Å². The molecule has 43 heavy (non-hydrogen) atoms. The van der Waals surface area contributed by atoms with Gasteiger partial charge < -0.3 is 14.8 Å². The van der Waals surface area contributed by atoms with E-state index in [2.05, 4.69) is 5.32 Å². The van der Waals surface area contributed by atoms with Crippen LogP contribution in [0.5, 0.6) is 0 Å². The number of nitrogens with zero attached hydrogens (tertiary/aromatic N) is 2. The van der Waals surface area contributed by atoms with Crippen LogP contribution in [0.4, 0.5) is 23.7 Å². The van der Waals surface area contributed by atoms with Gasteiger partial charge in [-0.1, -0.05) is 42.8 Å². The summed E-state index contributed by atoms with van der Waals surface area (Å²) in [6.45, 7) is 2.12. The van der Waals surface area contributed by atoms with E-state index >= 15 is 0 Å². The fourth-order valence-electron chi connectivity index (χ4n) is 6.24. The van der Waals surface area contributed by atoms with Crippen molar-refractivity contribution in [3.8, 4) is 0 Å². The molecule has 3 atom stereocenters. The predicted octanol–water partition coefficient (Wildman–Crippen LogP) is 6.03. The Labute approximate surface area is 253 Å². The van der Waals surface area contributed by atoms with Gasteiger partial charge in [-0.25, -0.2) is 18.0 Å². The first-order valence-electron chi connectivity index (χ1n) is 14.5. The molecule has 1 saturated heterocycles. The molecular weight excluding hydrogens is 587 g/mol. The van der Waals surface area contributed by atoms with E-state index in [-0.39, 0.29) is 34.8 Å². The van der Waals surface area contributed by atoms with Crippen LogP contribution in [0.15, 0.2) is 48.5 Å². The number of carbonyl (C=O) groups excluding carboxylic acids is 3. The van der Waals surface area contributed by atoms with Gasteiger partial charge in [0.05, 0.1) is 25.4 Å². The molecule has 1 N–H and O–H groups in total. The molecule has 3 aliphatic rings. The quantitative estimate of drug-likeness (QED) is 0.370. The predicted molar refractivity (Wildman–Crippen MR) is 153 cm³/mol. The lowest BCUT2D eigenvalue weighted by molar-refractivity contribution is -0.137. The van der Waals surface area contributed by atoms with Gasteiger partial charge in [-0.2, -0.15) is 0 Å². The van der Waals surface area contributed by atoms with Crippen LogP contribution in [-0.2, 0) is 19.1 Å². The Kier molecular flexibility index (Phi) is 8.94. The van der Waals surface area contributed by atoms with Crippen molar-refractivity contribution >= 4 is 35.2 Å². The number of hydrogen-bond donors (Lipinski definition) is 1. The van der Waals surface area contributed by atoms with Crippen molar-refractivity contribution in [3.05, 3.63) is 64.9 Å². The Balaban J connectivity index is 1.54. The molecule has 3 amide bonds. The van der Waals surface area contributed by atoms with E-state index in [0.717, 1.165) is 36.6 Å². The molecule has 0 spiro atoms. The first-order valence-corrected chi connectivity index (χ1v) is 14.9. The van der Waals surface area contributed by atoms with Gasteiger partial charge in [0.15, 0.2) is 0 Å². The second-order valence-corrected chi connectivity index (χ2v) is 12.0. The lowest BCUT2D eigenvalue weighted by Gasteiger charge is -2.43. The Morgan fingerprint density at radius 1 is 1.14 bits per heavy atom. The van der Waals surface area contributed by atoms with Gasteiger partial charge >= 0.3 is 6.09 Å². The number of nitrogens with one attached hydrogen (secondary N) is 1. The number of rotatable bonds is 9. The van der Waals surface area contributed by atoms with Crippen molar-refractivity contribution in [1.29, 1.82) is 0 Å². The number of anilines is 1. The van der Waals surface area contributed by atoms with E-state index in [1.807, 2.05) is 6.92 Å². The molecule has 3 unspecified atom stereocenters. The number of alkyl halides is 2. The van der Waals surface area contributed by atoms with Crippen molar-refractivity contribution in [3.63, 3.8) is 0 Å². The number of benzene rings is 2. The molecule has 2 aromatic rings. The molecule has 232 valence electrons. The highest BCUT2D eigenvalue weighted by Crippen LogP contribution is 2.42. The molecule has 0 aromatic heterocycles. The normalized spacial score (nSPS) is 23.1. The summed E-state index contributed by atoms with van der Waals surface area (Å²) in [5.74, 6) is -5.02. The van der Waals surface area contributed by atoms with Crippen LogP contribution in [0.1, 0.15) is 63.5 Å². The van der Waals surface area contributed by atoms with Crippen LogP contribution in [0.2, 0.25) is 5.02 Å². The number of ether oxygens (including phenoxy) is 2. The van der Waals surface area contributed by atoms with Gasteiger partial charge in [0, 0.05) is 41.6 Å². The molecule has 3 fully saturated rings. The average molecular weight is 622 g/mol. The smallest absolute Gasteiger partial charge is 0.410 e. The second kappa shape index (κ2) is 12.4. The minimum absolute atomic E-state index is 0.0298. The standard InChI is InChI=1S/C31H35ClF3N3O5/c1-3-30(12-7-13-30)43-22-15-25(37(18-22)29(41)42-2)28(40)38(21-9-6-8-19(33)14-21)26(23-10-4-5-11-24(23)32)27(39)36-20-16-31(34,35)17-20/h4-6,8-11,14,20,22,25-26H,3,7,12-13,15-18H2,1-2H3,(H,36,39). The number of methoxy groups -OCH3 is 1. The highest BCUT2D eigenvalue weighted by Gasteiger charge is 2.50. The van der Waals surface area contributed by atoms with Crippen LogP contribution >= 0.6 is 11.6 Å². The molecule has 8 nitrogen and oxygen atoms in total. The van der Waals surface area contributed by atoms with Gasteiger partial charge in [-0.3, -0.25) is 19.4 Å². The number of hydrogen-bond acceptors (Lipinski definition) is 5. The van der Waals surface area contributed by atoms with Crippen molar-refractivity contribution in [2.75, 3.05) is 18.6 Å². The highest BCUT2D eigenvalue weighted by molar-refractivity contribution is 6.31. The first kappa shape index (κ1) is 31.1. The number of halogens is 4. The Bertz CT molecular complexity index is 1360. The minimum atomic E-state index is -2.90. The minimum Gasteiger partial charge on any atom is -0.453 e. The van der Waals surface area contributed by atoms with Gasteiger partial charge in [0.25, 0.3) is 11.8 Å². The number of carbonyl (C=O) groups is 3. The van der Waals surface area contributed by atoms with Crippen molar-refractivity contribution in [2.45, 2.75) is 87.6 Å². The van der Waals surface area contributed by atoms with Crippen LogP contribution in [0, 0.1) is 5.82 Å². The third-order valence-electron chi connectivity index (χ3n) is 8.75. The molecular formula is C31H35ClF3N3O5. The second-order valence-electron chi connectivity index (χ2n) is 11.6. The molecule has 0 radical (unpaired) electrons. The van der Waals surface area contributed by atoms with Gasteiger partial charge in [0.1, 0.15) is 17.9 Å². The monoisotopic (exact) mass is 621 g/mol. The Morgan fingerprint density at radius 2 is 1.86 bits per heavy atom. The van der Waals surface area contributed by atoms with Crippen LogP contribution in [-0.4, -0.2) is 66.2 Å². The molecule has 0 bridgehead atoms. The van der Waals surface area contributed by atoms with Crippen molar-refractivity contribution < 1.29 is 37.0 Å². The Hall–Kier alpha value is -3.31. The molecule has 2 saturated carbocycles. The summed E-state index contributed by atoms with van der Waals surface area (Å²) in [6.07, 6.45) is 1.36. The van der Waals surface area contributed by atoms with Gasteiger partial charge in [-0.15, -0.1) is 0 Å². The topological polar surface area (TPSA) is 88.2 Å². The van der Waals surface area contributed by atoms with E-state index in [1.54, 1.807) is 18.2 Å². The molecule has 12 heteroatoms. The molecule has 1 heterocycles. The van der Waals surface area contributed by atoms with Crippen molar-refractivity contribution in [2.24, 2.45) is 0 Å². The molecule has 1 aliphatic heterocycles. The van der Waals surface area contributed by atoms with E-state index in [9.17, 15) is 27.6 Å². The average Bonchev–Trinajstić information content (AvgIpc) is 3.36. The van der Waals surface area contributed by atoms with Crippen molar-refractivity contribution in [1.82, 2.24) is 10.2 Å². The molecule has 2 aromatic carbocycles. The fraction of sp³-hybridized carbons (Fsp3) is 0.516. The fourth-order valence-corrected chi connectivity index (χ4v) is 6.48. The zero-order valence-corrected chi connectivity index (χ0v) is 24.8. The zero-order chi connectivity index (χ0) is 30.9. The zero-order valence-electron chi connectivity index (χ0n) is 24.0. The van der Waals surface area contributed by atoms with Crippen LogP contribution in [0.25, 0.3) is 0 Å². The maximum Gasteiger partial charge on any atom is 0.410 e. The number of likely N-dealkylation sites (tertiary alicyclic amines) is 1. The molecule has 2 aliphatic carbocycles. The Morgan fingerprint density at radius 3 is 2.44 bits per heavy atom. The largest absolute Gasteiger partial charge is 0.453 e. The summed E-state index contributed by atoms with van der Waals surface area (Å²) in [4.78, 5) is 43.8. The first-order chi connectivity index (χ1) is 20.5. The summed E-state index contributed by atoms with van der Waals surface area (Å²) in [5, 5.41) is 2.76.